The molecular formula is C25H28N2O5S. The van der Waals surface area contributed by atoms with Crippen molar-refractivity contribution in [2.75, 3.05) is 30.4 Å². The van der Waals surface area contributed by atoms with E-state index in [-0.39, 0.29) is 10.6 Å². The van der Waals surface area contributed by atoms with Gasteiger partial charge in [0.1, 0.15) is 18.0 Å². The van der Waals surface area contributed by atoms with Crippen molar-refractivity contribution in [1.29, 1.82) is 0 Å². The van der Waals surface area contributed by atoms with E-state index in [2.05, 4.69) is 5.32 Å². The Labute approximate surface area is 195 Å². The highest BCUT2D eigenvalue weighted by Crippen LogP contribution is 2.35. The average molecular weight is 469 g/mol. The first-order valence-electron chi connectivity index (χ1n) is 10.3. The lowest BCUT2D eigenvalue weighted by atomic mass is 10.1. The van der Waals surface area contributed by atoms with Crippen molar-refractivity contribution >= 4 is 27.3 Å². The van der Waals surface area contributed by atoms with Crippen molar-refractivity contribution in [3.63, 3.8) is 0 Å². The number of carbonyl (C=O) groups is 1. The fraction of sp³-hybridized carbons (Fsp3) is 0.240. The molecule has 0 saturated heterocycles. The van der Waals surface area contributed by atoms with Crippen molar-refractivity contribution in [3.05, 3.63) is 77.4 Å². The third-order valence-electron chi connectivity index (χ3n) is 5.06. The minimum atomic E-state index is -4.10. The predicted molar refractivity (Wildman–Crippen MR) is 130 cm³/mol. The van der Waals surface area contributed by atoms with Crippen molar-refractivity contribution in [1.82, 2.24) is 0 Å². The number of sulfonamides is 1. The maximum atomic E-state index is 13.7. The second-order valence-electron chi connectivity index (χ2n) is 7.79. The number of nitrogens with one attached hydrogen (secondary N) is 1. The Balaban J connectivity index is 2.05. The number of carbonyl (C=O) groups excluding carboxylic acids is 1. The van der Waals surface area contributed by atoms with Crippen molar-refractivity contribution in [2.45, 2.75) is 25.7 Å². The lowest BCUT2D eigenvalue weighted by Crippen LogP contribution is -2.38. The SMILES string of the molecule is COc1ccc(OC)c(N(CC(=O)Nc2cc(C)cc(C)c2)S(=O)(=O)c2ccc(C)cc2)c1. The van der Waals surface area contributed by atoms with E-state index in [4.69, 9.17) is 9.47 Å². The van der Waals surface area contributed by atoms with Crippen LogP contribution >= 0.6 is 0 Å². The second kappa shape index (κ2) is 9.95. The van der Waals surface area contributed by atoms with E-state index in [0.717, 1.165) is 21.0 Å². The van der Waals surface area contributed by atoms with Gasteiger partial charge in [-0.05, 0) is 68.3 Å². The fourth-order valence-corrected chi connectivity index (χ4v) is 4.93. The molecule has 3 rings (SSSR count). The maximum absolute atomic E-state index is 13.7. The fourth-order valence-electron chi connectivity index (χ4n) is 3.51. The number of nitrogens with zero attached hydrogens (tertiary/aromatic N) is 1. The zero-order valence-corrected chi connectivity index (χ0v) is 20.2. The Kier molecular flexibility index (Phi) is 7.28. The molecule has 1 N–H and O–H groups in total. The van der Waals surface area contributed by atoms with Gasteiger partial charge in [0.2, 0.25) is 5.91 Å². The van der Waals surface area contributed by atoms with Crippen molar-refractivity contribution < 1.29 is 22.7 Å². The molecule has 0 aromatic heterocycles. The Morgan fingerprint density at radius 1 is 0.848 bits per heavy atom. The summed E-state index contributed by atoms with van der Waals surface area (Å²) in [6.07, 6.45) is 0. The summed E-state index contributed by atoms with van der Waals surface area (Å²) in [6, 6.07) is 16.9. The average Bonchev–Trinajstić information content (AvgIpc) is 2.76. The van der Waals surface area contributed by atoms with E-state index in [1.165, 1.54) is 32.4 Å². The van der Waals surface area contributed by atoms with Gasteiger partial charge in [0.25, 0.3) is 10.0 Å². The third kappa shape index (κ3) is 5.64. The second-order valence-corrected chi connectivity index (χ2v) is 9.65. The number of rotatable bonds is 8. The molecule has 0 unspecified atom stereocenters. The number of methoxy groups -OCH3 is 2. The summed E-state index contributed by atoms with van der Waals surface area (Å²) in [7, 11) is -1.17. The first-order chi connectivity index (χ1) is 15.6. The Morgan fingerprint density at radius 2 is 1.48 bits per heavy atom. The predicted octanol–water partition coefficient (Wildman–Crippen LogP) is 4.46. The molecular weight excluding hydrogens is 440 g/mol. The molecule has 8 heteroatoms. The highest BCUT2D eigenvalue weighted by molar-refractivity contribution is 7.92. The van der Waals surface area contributed by atoms with E-state index >= 15 is 0 Å². The van der Waals surface area contributed by atoms with Crippen LogP contribution < -0.4 is 19.1 Å². The summed E-state index contributed by atoms with van der Waals surface area (Å²) in [6.45, 7) is 5.28. The van der Waals surface area contributed by atoms with Crippen LogP contribution in [-0.4, -0.2) is 35.1 Å². The molecule has 0 heterocycles. The molecule has 0 spiro atoms. The third-order valence-corrected chi connectivity index (χ3v) is 6.83. The minimum absolute atomic E-state index is 0.0668. The molecule has 3 aromatic rings. The molecule has 0 atom stereocenters. The van der Waals surface area contributed by atoms with Gasteiger partial charge in [0.05, 0.1) is 24.8 Å². The molecule has 0 radical (unpaired) electrons. The van der Waals surface area contributed by atoms with Gasteiger partial charge in [-0.3, -0.25) is 9.10 Å². The molecule has 7 nitrogen and oxygen atoms in total. The summed E-state index contributed by atoms with van der Waals surface area (Å²) in [5.74, 6) is 0.246. The monoisotopic (exact) mass is 468 g/mol. The van der Waals surface area contributed by atoms with Crippen LogP contribution in [0.5, 0.6) is 11.5 Å². The van der Waals surface area contributed by atoms with Crippen LogP contribution in [0.15, 0.2) is 65.6 Å². The smallest absolute Gasteiger partial charge is 0.264 e. The summed E-state index contributed by atoms with van der Waals surface area (Å²) in [5, 5.41) is 2.81. The molecule has 0 aliphatic heterocycles. The minimum Gasteiger partial charge on any atom is -0.497 e. The van der Waals surface area contributed by atoms with Gasteiger partial charge in [-0.15, -0.1) is 0 Å². The van der Waals surface area contributed by atoms with Crippen LogP contribution in [-0.2, 0) is 14.8 Å². The van der Waals surface area contributed by atoms with Gasteiger partial charge in [0.15, 0.2) is 0 Å². The van der Waals surface area contributed by atoms with Gasteiger partial charge in [0, 0.05) is 11.8 Å². The van der Waals surface area contributed by atoms with Gasteiger partial charge in [-0.25, -0.2) is 8.42 Å². The van der Waals surface area contributed by atoms with E-state index in [1.807, 2.05) is 39.0 Å². The summed E-state index contributed by atoms with van der Waals surface area (Å²) < 4.78 is 39.1. The molecule has 1 amide bonds. The van der Waals surface area contributed by atoms with Crippen LogP contribution in [0.1, 0.15) is 16.7 Å². The number of aryl methyl sites for hydroxylation is 3. The molecule has 0 aliphatic carbocycles. The quantitative estimate of drug-likeness (QED) is 0.528. The van der Waals surface area contributed by atoms with E-state index in [9.17, 15) is 13.2 Å². The highest BCUT2D eigenvalue weighted by Gasteiger charge is 2.30. The molecule has 33 heavy (non-hydrogen) atoms. The molecule has 0 aliphatic rings. The lowest BCUT2D eigenvalue weighted by molar-refractivity contribution is -0.114. The van der Waals surface area contributed by atoms with Gasteiger partial charge in [-0.1, -0.05) is 23.8 Å². The summed E-state index contributed by atoms with van der Waals surface area (Å²) >= 11 is 0. The highest BCUT2D eigenvalue weighted by atomic mass is 32.2. The summed E-state index contributed by atoms with van der Waals surface area (Å²) in [5.41, 5.74) is 3.70. The molecule has 174 valence electrons. The van der Waals surface area contributed by atoms with Crippen LogP contribution in [0.4, 0.5) is 11.4 Å². The van der Waals surface area contributed by atoms with E-state index < -0.39 is 22.5 Å². The number of hydrogen-bond donors (Lipinski definition) is 1. The van der Waals surface area contributed by atoms with Gasteiger partial charge >= 0.3 is 0 Å². The van der Waals surface area contributed by atoms with Crippen molar-refractivity contribution in [2.24, 2.45) is 0 Å². The van der Waals surface area contributed by atoms with Crippen LogP contribution in [0.2, 0.25) is 0 Å². The van der Waals surface area contributed by atoms with E-state index in [0.29, 0.717) is 17.2 Å². The van der Waals surface area contributed by atoms with Gasteiger partial charge < -0.3 is 14.8 Å². The topological polar surface area (TPSA) is 84.9 Å². The van der Waals surface area contributed by atoms with Crippen molar-refractivity contribution in [3.8, 4) is 11.5 Å². The standard InChI is InChI=1S/C25H28N2O5S/c1-17-6-9-22(10-7-17)33(29,30)27(23-15-21(31-4)8-11-24(23)32-5)16-25(28)26-20-13-18(2)12-19(3)14-20/h6-15H,16H2,1-5H3,(H,26,28). The van der Waals surface area contributed by atoms with Gasteiger partial charge in [-0.2, -0.15) is 0 Å². The number of benzene rings is 3. The van der Waals surface area contributed by atoms with Crippen LogP contribution in [0.25, 0.3) is 0 Å². The number of amides is 1. The zero-order chi connectivity index (χ0) is 24.2. The Bertz CT molecular complexity index is 1230. The largest absolute Gasteiger partial charge is 0.497 e. The van der Waals surface area contributed by atoms with Crippen LogP contribution in [0.3, 0.4) is 0 Å². The molecule has 0 bridgehead atoms. The molecule has 0 fully saturated rings. The number of ether oxygens (including phenoxy) is 2. The number of anilines is 2. The molecule has 0 saturated carbocycles. The normalized spacial score (nSPS) is 11.1. The first-order valence-corrected chi connectivity index (χ1v) is 11.8. The first kappa shape index (κ1) is 24.1. The number of hydrogen-bond acceptors (Lipinski definition) is 5. The molecule has 3 aromatic carbocycles. The lowest BCUT2D eigenvalue weighted by Gasteiger charge is -2.26. The summed E-state index contributed by atoms with van der Waals surface area (Å²) in [4.78, 5) is 13.1. The Hall–Kier alpha value is -3.52. The Morgan fingerprint density at radius 3 is 2.06 bits per heavy atom. The maximum Gasteiger partial charge on any atom is 0.264 e. The zero-order valence-electron chi connectivity index (χ0n) is 19.4. The van der Waals surface area contributed by atoms with E-state index in [1.54, 1.807) is 24.3 Å². The van der Waals surface area contributed by atoms with Crippen LogP contribution in [0, 0.1) is 20.8 Å².